The lowest BCUT2D eigenvalue weighted by Gasteiger charge is -2.45. The Labute approximate surface area is 632 Å². The summed E-state index contributed by atoms with van der Waals surface area (Å²) >= 11 is 0. The molecular formula is C101H96BN5. The van der Waals surface area contributed by atoms with Gasteiger partial charge in [-0.2, -0.15) is 0 Å². The molecule has 13 aromatic carbocycles. The Hall–Kier alpha value is -11.1. The Bertz CT molecular complexity index is 6100. The van der Waals surface area contributed by atoms with E-state index in [-0.39, 0.29) is 33.8 Å². The van der Waals surface area contributed by atoms with E-state index in [1.54, 1.807) is 0 Å². The summed E-state index contributed by atoms with van der Waals surface area (Å²) in [6.07, 6.45) is 0. The number of nitrogens with zero attached hydrogens (tertiary/aromatic N) is 5. The van der Waals surface area contributed by atoms with Gasteiger partial charge >= 0.3 is 0 Å². The number of fused-ring (bicyclic) bond motifs is 13. The summed E-state index contributed by atoms with van der Waals surface area (Å²) in [6.45, 7) is 40.0. The van der Waals surface area contributed by atoms with Gasteiger partial charge in [-0.05, 0) is 226 Å². The minimum Gasteiger partial charge on any atom is -0.311 e. The van der Waals surface area contributed by atoms with Crippen molar-refractivity contribution in [1.29, 1.82) is 0 Å². The van der Waals surface area contributed by atoms with Gasteiger partial charge in [0.15, 0.2) is 0 Å². The lowest BCUT2D eigenvalue weighted by Crippen LogP contribution is -2.61. The van der Waals surface area contributed by atoms with E-state index in [0.717, 1.165) is 62.2 Å². The number of hydrogen-bond donors (Lipinski definition) is 0. The van der Waals surface area contributed by atoms with E-state index in [4.69, 9.17) is 0 Å². The second-order valence-corrected chi connectivity index (χ2v) is 36.2. The molecule has 0 bridgehead atoms. The van der Waals surface area contributed by atoms with Gasteiger partial charge in [-0.25, -0.2) is 0 Å². The molecule has 0 saturated heterocycles. The number of para-hydroxylation sites is 2. The van der Waals surface area contributed by atoms with E-state index in [2.05, 4.69) is 408 Å². The van der Waals surface area contributed by atoms with Crippen molar-refractivity contribution >= 4 is 123 Å². The summed E-state index contributed by atoms with van der Waals surface area (Å²) in [7, 11) is 0. The van der Waals surface area contributed by atoms with Gasteiger partial charge in [-0.1, -0.05) is 263 Å². The average molecular weight is 1390 g/mol. The van der Waals surface area contributed by atoms with E-state index in [1.165, 1.54) is 126 Å². The molecule has 0 radical (unpaired) electrons. The molecule has 16 aromatic rings. The van der Waals surface area contributed by atoms with Crippen LogP contribution in [0.2, 0.25) is 0 Å². The summed E-state index contributed by atoms with van der Waals surface area (Å²) < 4.78 is 7.68. The molecule has 528 valence electrons. The molecule has 0 fully saturated rings. The number of aromatic nitrogens is 3. The fourth-order valence-corrected chi connectivity index (χ4v) is 17.4. The molecule has 5 heterocycles. The Morgan fingerprint density at radius 3 is 1.00 bits per heavy atom. The van der Waals surface area contributed by atoms with Crippen LogP contribution in [0.5, 0.6) is 0 Å². The van der Waals surface area contributed by atoms with Gasteiger partial charge in [-0.3, -0.25) is 0 Å². The Kier molecular flexibility index (Phi) is 15.3. The maximum Gasteiger partial charge on any atom is 0.252 e. The van der Waals surface area contributed by atoms with Crippen molar-refractivity contribution in [1.82, 2.24) is 13.7 Å². The molecule has 0 spiro atoms. The van der Waals surface area contributed by atoms with Crippen LogP contribution < -0.4 is 26.2 Å². The predicted molar refractivity (Wildman–Crippen MR) is 462 cm³/mol. The van der Waals surface area contributed by atoms with E-state index < -0.39 is 0 Å². The molecule has 0 aliphatic carbocycles. The van der Waals surface area contributed by atoms with Crippen LogP contribution in [-0.4, -0.2) is 20.4 Å². The molecule has 5 nitrogen and oxygen atoms in total. The zero-order valence-corrected chi connectivity index (χ0v) is 65.3. The molecule has 2 aliphatic rings. The highest BCUT2D eigenvalue weighted by Gasteiger charge is 2.45. The maximum atomic E-state index is 2.71. The van der Waals surface area contributed by atoms with Crippen molar-refractivity contribution in [3.8, 4) is 39.3 Å². The highest BCUT2D eigenvalue weighted by Crippen LogP contribution is 2.51. The minimum atomic E-state index is -0.213. The third-order valence-corrected chi connectivity index (χ3v) is 23.5. The zero-order chi connectivity index (χ0) is 74.3. The number of hydrogen-bond acceptors (Lipinski definition) is 2. The zero-order valence-electron chi connectivity index (χ0n) is 65.3. The van der Waals surface area contributed by atoms with Crippen molar-refractivity contribution in [2.75, 3.05) is 9.80 Å². The molecule has 0 atom stereocenters. The summed E-state index contributed by atoms with van der Waals surface area (Å²) in [5.41, 5.74) is 32.9. The van der Waals surface area contributed by atoms with Gasteiger partial charge in [0.1, 0.15) is 0 Å². The number of benzene rings is 13. The molecule has 107 heavy (non-hydrogen) atoms. The lowest BCUT2D eigenvalue weighted by atomic mass is 9.33. The average Bonchev–Trinajstić information content (AvgIpc) is 1.26. The van der Waals surface area contributed by atoms with Gasteiger partial charge in [0, 0.05) is 77.8 Å². The van der Waals surface area contributed by atoms with E-state index >= 15 is 0 Å². The molecule has 0 amide bonds. The predicted octanol–water partition coefficient (Wildman–Crippen LogP) is 26.0. The molecule has 2 aliphatic heterocycles. The fraction of sp³-hybridized carbons (Fsp3) is 0.228. The van der Waals surface area contributed by atoms with Crippen molar-refractivity contribution in [3.05, 3.63) is 300 Å². The van der Waals surface area contributed by atoms with E-state index in [1.807, 2.05) is 0 Å². The van der Waals surface area contributed by atoms with Crippen LogP contribution in [0.25, 0.3) is 105 Å². The standard InChI is InChI=1S/C101H96BN5/c1-62(2)65-36-44-88-80(48-65)83-57-68(97(3,4)5)39-47-91(83)104(88)74-41-43-85-93(59-74)107(76-55-71(100(12,13)14)52-72(56-76)101(15,16)17)95-61-77(105-89-45-37-66(63-28-20-18-21-29-63)49-81(89)82-50-67(38-46-90(82)105)64-30-22-19-23-31-64)60-94-96(95)102(85)84-42-40-73(103-86-34-26-24-32-78(86)79-33-25-27-35-87(79)103)58-92(84)106(94)75-53-69(98(6,7)8)51-70(54-75)99(9,10)11/h18-62H,1-17H3. The number of anilines is 6. The van der Waals surface area contributed by atoms with E-state index in [9.17, 15) is 0 Å². The second-order valence-electron chi connectivity index (χ2n) is 36.2. The largest absolute Gasteiger partial charge is 0.311 e. The molecule has 3 aromatic heterocycles. The molecule has 0 unspecified atom stereocenters. The van der Waals surface area contributed by atoms with Crippen LogP contribution in [0.3, 0.4) is 0 Å². The van der Waals surface area contributed by atoms with Crippen LogP contribution in [0.15, 0.2) is 267 Å². The Balaban J connectivity index is 1.02. The highest BCUT2D eigenvalue weighted by molar-refractivity contribution is 7.00. The summed E-state index contributed by atoms with van der Waals surface area (Å²) in [4.78, 5) is 5.41. The van der Waals surface area contributed by atoms with Gasteiger partial charge in [0.25, 0.3) is 6.71 Å². The second kappa shape index (κ2) is 24.2. The normalized spacial score (nSPS) is 13.5. The highest BCUT2D eigenvalue weighted by atomic mass is 15.2. The smallest absolute Gasteiger partial charge is 0.252 e. The third kappa shape index (κ3) is 11.2. The van der Waals surface area contributed by atoms with Gasteiger partial charge in [0.2, 0.25) is 0 Å². The first-order chi connectivity index (χ1) is 51.0. The van der Waals surface area contributed by atoms with Gasteiger partial charge in [0.05, 0.1) is 38.8 Å². The third-order valence-electron chi connectivity index (χ3n) is 23.5. The number of rotatable bonds is 8. The maximum absolute atomic E-state index is 2.71. The van der Waals surface area contributed by atoms with Crippen LogP contribution in [0.4, 0.5) is 34.1 Å². The first kappa shape index (κ1) is 67.8. The van der Waals surface area contributed by atoms with Crippen molar-refractivity contribution in [2.45, 2.75) is 151 Å². The molecule has 0 saturated carbocycles. The van der Waals surface area contributed by atoms with Gasteiger partial charge < -0.3 is 23.5 Å². The summed E-state index contributed by atoms with van der Waals surface area (Å²) in [5.74, 6) is 0.369. The summed E-state index contributed by atoms with van der Waals surface area (Å²) in [5, 5.41) is 7.44. The van der Waals surface area contributed by atoms with Crippen LogP contribution in [0.1, 0.15) is 157 Å². The first-order valence-corrected chi connectivity index (χ1v) is 38.7. The molecule has 6 heteroatoms. The van der Waals surface area contributed by atoms with Crippen molar-refractivity contribution < 1.29 is 0 Å². The summed E-state index contributed by atoms with van der Waals surface area (Å²) in [6, 6.07) is 104. The first-order valence-electron chi connectivity index (χ1n) is 38.7. The van der Waals surface area contributed by atoms with Crippen molar-refractivity contribution in [3.63, 3.8) is 0 Å². The van der Waals surface area contributed by atoms with E-state index in [0.29, 0.717) is 5.92 Å². The Morgan fingerprint density at radius 1 is 0.243 bits per heavy atom. The Morgan fingerprint density at radius 2 is 0.589 bits per heavy atom. The molecule has 18 rings (SSSR count). The SMILES string of the molecule is CC(C)c1ccc2c(c1)c1cc(C(C)(C)C)ccc1n2-c1ccc2c(c1)N(c1cc(C(C)(C)C)cc(C(C)(C)C)c1)c1cc(-n3c4ccc(-c5ccccc5)cc4c4cc(-c5ccccc5)ccc43)cc3c1B2c1ccc(-n2c4ccccc4c4ccccc42)cc1N3c1cc(C(C)(C)C)cc(C(C)(C)C)c1. The molecule has 0 N–H and O–H groups in total. The topological polar surface area (TPSA) is 21.3 Å². The lowest BCUT2D eigenvalue weighted by molar-refractivity contribution is 0.568. The van der Waals surface area contributed by atoms with Crippen molar-refractivity contribution in [2.24, 2.45) is 0 Å². The van der Waals surface area contributed by atoms with Crippen LogP contribution >= 0.6 is 0 Å². The van der Waals surface area contributed by atoms with Gasteiger partial charge in [-0.15, -0.1) is 0 Å². The molecular weight excluding hydrogens is 1290 g/mol. The van der Waals surface area contributed by atoms with Crippen LogP contribution in [-0.2, 0) is 27.1 Å². The minimum absolute atomic E-state index is 0.0427. The quantitative estimate of drug-likeness (QED) is 0.141. The monoisotopic (exact) mass is 1390 g/mol. The van der Waals surface area contributed by atoms with Crippen LogP contribution in [0, 0.1) is 0 Å². The fourth-order valence-electron chi connectivity index (χ4n) is 17.4.